The quantitative estimate of drug-likeness (QED) is 0.725. The molecule has 2 fully saturated rings. The van der Waals surface area contributed by atoms with E-state index in [2.05, 4.69) is 0 Å². The second-order valence-electron chi connectivity index (χ2n) is 5.15. The molecule has 0 radical (unpaired) electrons. The first-order chi connectivity index (χ1) is 8.55. The van der Waals surface area contributed by atoms with Gasteiger partial charge in [-0.3, -0.25) is 4.79 Å². The van der Waals surface area contributed by atoms with Gasteiger partial charge in [0.05, 0.1) is 18.3 Å². The third kappa shape index (κ3) is 2.69. The van der Waals surface area contributed by atoms with Gasteiger partial charge < -0.3 is 4.74 Å². The summed E-state index contributed by atoms with van der Waals surface area (Å²) in [4.78, 5) is 11.4. The molecule has 0 bridgehead atoms. The summed E-state index contributed by atoms with van der Waals surface area (Å²) in [7, 11) is -1.76. The highest BCUT2D eigenvalue weighted by Gasteiger charge is 2.37. The van der Waals surface area contributed by atoms with Gasteiger partial charge in [0.1, 0.15) is 0 Å². The topological polar surface area (TPSA) is 63.7 Å². The van der Waals surface area contributed by atoms with E-state index in [1.807, 2.05) is 0 Å². The number of sulfonamides is 1. The largest absolute Gasteiger partial charge is 0.469 e. The highest BCUT2D eigenvalue weighted by Crippen LogP contribution is 2.29. The molecule has 5 nitrogen and oxygen atoms in total. The second kappa shape index (κ2) is 5.57. The molecular weight excluding hydrogens is 254 g/mol. The zero-order chi connectivity index (χ0) is 13.2. The Morgan fingerprint density at radius 2 is 1.67 bits per heavy atom. The van der Waals surface area contributed by atoms with Crippen molar-refractivity contribution >= 4 is 16.0 Å². The van der Waals surface area contributed by atoms with Gasteiger partial charge >= 0.3 is 5.97 Å². The van der Waals surface area contributed by atoms with Gasteiger partial charge in [-0.25, -0.2) is 12.7 Å². The third-order valence-electron chi connectivity index (χ3n) is 4.07. The fraction of sp³-hybridized carbons (Fsp3) is 0.917. The first kappa shape index (κ1) is 13.8. The maximum Gasteiger partial charge on any atom is 0.308 e. The van der Waals surface area contributed by atoms with Crippen LogP contribution in [0, 0.1) is 5.92 Å². The summed E-state index contributed by atoms with van der Waals surface area (Å²) in [6.07, 6.45) is 4.78. The molecule has 18 heavy (non-hydrogen) atoms. The number of carbonyl (C=O) groups is 1. The van der Waals surface area contributed by atoms with Gasteiger partial charge in [-0.2, -0.15) is 0 Å². The van der Waals surface area contributed by atoms with Crippen LogP contribution in [0.1, 0.15) is 38.5 Å². The molecule has 2 aliphatic rings. The standard InChI is InChI=1S/C12H21NO4S/c1-17-12(14)10-6-8-13(9-7-10)18(15,16)11-4-2-3-5-11/h10-11H,2-9H2,1H3. The lowest BCUT2D eigenvalue weighted by molar-refractivity contribution is -0.146. The predicted molar refractivity (Wildman–Crippen MR) is 67.5 cm³/mol. The van der Waals surface area contributed by atoms with E-state index in [1.54, 1.807) is 4.31 Å². The zero-order valence-electron chi connectivity index (χ0n) is 10.8. The van der Waals surface area contributed by atoms with E-state index in [4.69, 9.17) is 4.74 Å². The molecule has 1 aliphatic heterocycles. The van der Waals surface area contributed by atoms with Crippen molar-refractivity contribution in [3.05, 3.63) is 0 Å². The van der Waals surface area contributed by atoms with E-state index < -0.39 is 10.0 Å². The lowest BCUT2D eigenvalue weighted by Gasteiger charge is -2.31. The van der Waals surface area contributed by atoms with Crippen LogP contribution in [0.15, 0.2) is 0 Å². The minimum Gasteiger partial charge on any atom is -0.469 e. The van der Waals surface area contributed by atoms with Gasteiger partial charge in [0.2, 0.25) is 10.0 Å². The van der Waals surface area contributed by atoms with Crippen LogP contribution in [0.2, 0.25) is 0 Å². The highest BCUT2D eigenvalue weighted by molar-refractivity contribution is 7.89. The Hall–Kier alpha value is -0.620. The van der Waals surface area contributed by atoms with Crippen molar-refractivity contribution in [2.75, 3.05) is 20.2 Å². The van der Waals surface area contributed by atoms with Crippen molar-refractivity contribution in [1.82, 2.24) is 4.31 Å². The molecule has 0 aromatic rings. The Balaban J connectivity index is 1.94. The van der Waals surface area contributed by atoms with Gasteiger partial charge in [-0.1, -0.05) is 12.8 Å². The predicted octanol–water partition coefficient (Wildman–Crippen LogP) is 1.14. The van der Waals surface area contributed by atoms with Crippen LogP contribution in [0.5, 0.6) is 0 Å². The SMILES string of the molecule is COC(=O)C1CCN(S(=O)(=O)C2CCCC2)CC1. The van der Waals surface area contributed by atoms with E-state index in [0.717, 1.165) is 25.7 Å². The van der Waals surface area contributed by atoms with E-state index in [-0.39, 0.29) is 17.1 Å². The van der Waals surface area contributed by atoms with E-state index in [9.17, 15) is 13.2 Å². The van der Waals surface area contributed by atoms with Crippen LogP contribution in [0.25, 0.3) is 0 Å². The van der Waals surface area contributed by atoms with Crippen LogP contribution in [0.3, 0.4) is 0 Å². The Morgan fingerprint density at radius 3 is 2.17 bits per heavy atom. The molecule has 0 unspecified atom stereocenters. The monoisotopic (exact) mass is 275 g/mol. The average molecular weight is 275 g/mol. The smallest absolute Gasteiger partial charge is 0.308 e. The van der Waals surface area contributed by atoms with Crippen molar-refractivity contribution in [1.29, 1.82) is 0 Å². The number of piperidine rings is 1. The number of esters is 1. The lowest BCUT2D eigenvalue weighted by Crippen LogP contribution is -2.44. The molecule has 2 rings (SSSR count). The van der Waals surface area contributed by atoms with Crippen molar-refractivity contribution in [3.63, 3.8) is 0 Å². The summed E-state index contributed by atoms with van der Waals surface area (Å²) in [5.74, 6) is -0.349. The number of hydrogen-bond donors (Lipinski definition) is 0. The second-order valence-corrected chi connectivity index (χ2v) is 7.36. The molecule has 0 N–H and O–H groups in total. The first-order valence-electron chi connectivity index (χ1n) is 6.62. The Kier molecular flexibility index (Phi) is 4.27. The van der Waals surface area contributed by atoms with Crippen molar-refractivity contribution in [2.45, 2.75) is 43.8 Å². The molecule has 0 spiro atoms. The zero-order valence-corrected chi connectivity index (χ0v) is 11.6. The highest BCUT2D eigenvalue weighted by atomic mass is 32.2. The van der Waals surface area contributed by atoms with Crippen LogP contribution in [0.4, 0.5) is 0 Å². The number of methoxy groups -OCH3 is 1. The summed E-state index contributed by atoms with van der Waals surface area (Å²) in [6, 6.07) is 0. The lowest BCUT2D eigenvalue weighted by atomic mass is 9.99. The average Bonchev–Trinajstić information content (AvgIpc) is 2.92. The van der Waals surface area contributed by atoms with Crippen LogP contribution in [-0.4, -0.2) is 44.1 Å². The molecule has 0 aromatic heterocycles. The van der Waals surface area contributed by atoms with Crippen LogP contribution < -0.4 is 0 Å². The van der Waals surface area contributed by atoms with Crippen LogP contribution in [-0.2, 0) is 19.6 Å². The Bertz CT molecular complexity index is 392. The van der Waals surface area contributed by atoms with Crippen molar-refractivity contribution in [3.8, 4) is 0 Å². The minimum absolute atomic E-state index is 0.134. The van der Waals surface area contributed by atoms with E-state index >= 15 is 0 Å². The number of ether oxygens (including phenoxy) is 1. The summed E-state index contributed by atoms with van der Waals surface area (Å²) in [5.41, 5.74) is 0. The molecule has 0 atom stereocenters. The van der Waals surface area contributed by atoms with Crippen LogP contribution >= 0.6 is 0 Å². The summed E-state index contributed by atoms with van der Waals surface area (Å²) < 4.78 is 31.0. The van der Waals surface area contributed by atoms with Gasteiger partial charge in [0.25, 0.3) is 0 Å². The van der Waals surface area contributed by atoms with Gasteiger partial charge in [0, 0.05) is 13.1 Å². The number of nitrogens with zero attached hydrogens (tertiary/aromatic N) is 1. The summed E-state index contributed by atoms with van der Waals surface area (Å²) >= 11 is 0. The van der Waals surface area contributed by atoms with Gasteiger partial charge in [-0.15, -0.1) is 0 Å². The first-order valence-corrected chi connectivity index (χ1v) is 8.13. The third-order valence-corrected chi connectivity index (χ3v) is 6.47. The summed E-state index contributed by atoms with van der Waals surface area (Å²) in [6.45, 7) is 0.914. The maximum atomic E-state index is 12.3. The fourth-order valence-corrected chi connectivity index (χ4v) is 4.98. The van der Waals surface area contributed by atoms with E-state index in [0.29, 0.717) is 25.9 Å². The molecule has 1 saturated heterocycles. The molecule has 1 saturated carbocycles. The number of carbonyl (C=O) groups excluding carboxylic acids is 1. The van der Waals surface area contributed by atoms with E-state index in [1.165, 1.54) is 7.11 Å². The number of rotatable bonds is 3. The molecule has 0 aromatic carbocycles. The van der Waals surface area contributed by atoms with Crippen molar-refractivity contribution < 1.29 is 17.9 Å². The molecule has 0 amide bonds. The Morgan fingerprint density at radius 1 is 1.11 bits per heavy atom. The minimum atomic E-state index is -3.14. The normalized spacial score (nSPS) is 24.3. The van der Waals surface area contributed by atoms with Crippen molar-refractivity contribution in [2.24, 2.45) is 5.92 Å². The number of hydrogen-bond acceptors (Lipinski definition) is 4. The molecular formula is C12H21NO4S. The maximum absolute atomic E-state index is 12.3. The molecule has 6 heteroatoms. The Labute approximate surface area is 109 Å². The summed E-state index contributed by atoms with van der Waals surface area (Å²) in [5, 5.41) is -0.188. The fourth-order valence-electron chi connectivity index (χ4n) is 2.91. The van der Waals surface area contributed by atoms with Gasteiger partial charge in [-0.05, 0) is 25.7 Å². The molecule has 104 valence electrons. The van der Waals surface area contributed by atoms with Gasteiger partial charge in [0.15, 0.2) is 0 Å². The molecule has 1 heterocycles. The molecule has 1 aliphatic carbocycles.